The molecule has 0 unspecified atom stereocenters. The number of hydrogen-bond donors (Lipinski definition) is 2. The normalized spacial score (nSPS) is 8.50. The van der Waals surface area contributed by atoms with Crippen molar-refractivity contribution in [2.75, 3.05) is 6.61 Å². The first kappa shape index (κ1) is 12.3. The molecule has 0 saturated heterocycles. The zero-order valence-electron chi connectivity index (χ0n) is 6.72. The minimum Gasteiger partial charge on any atom is -0.481 e. The minimum absolute atomic E-state index is 0.136. The summed E-state index contributed by atoms with van der Waals surface area (Å²) in [5.74, 6) is -0.833. The number of carboxylic acids is 1. The van der Waals surface area contributed by atoms with Gasteiger partial charge in [-0.15, -0.1) is 0 Å². The highest BCUT2D eigenvalue weighted by Gasteiger charge is 1.89. The molecule has 0 atom stereocenters. The molecule has 10 heavy (non-hydrogen) atoms. The second kappa shape index (κ2) is 8.65. The largest absolute Gasteiger partial charge is 0.481 e. The predicted octanol–water partition coefficient (Wildman–Crippen LogP) is 0.824. The molecule has 0 heterocycles. The van der Waals surface area contributed by atoms with Gasteiger partial charge in [0.15, 0.2) is 0 Å². The van der Waals surface area contributed by atoms with Crippen molar-refractivity contribution < 1.29 is 15.0 Å². The molecule has 2 N–H and O–H groups in total. The lowest BCUT2D eigenvalue weighted by atomic mass is 10.9. The summed E-state index contributed by atoms with van der Waals surface area (Å²) in [4.78, 5) is 9.00. The molecule has 4 heteroatoms. The maximum Gasteiger partial charge on any atom is 0.300 e. The fourth-order valence-electron chi connectivity index (χ4n) is 0.224. The molecule has 3 nitrogen and oxygen atoms in total. The van der Waals surface area contributed by atoms with Gasteiger partial charge in [0, 0.05) is 22.3 Å². The molecule has 0 aromatic heterocycles. The fraction of sp³-hybridized carbons (Fsp3) is 0.833. The van der Waals surface area contributed by atoms with E-state index in [0.717, 1.165) is 13.0 Å². The third kappa shape index (κ3) is 48.2. The van der Waals surface area contributed by atoms with Crippen molar-refractivity contribution in [2.45, 2.75) is 26.1 Å². The molecule has 0 rings (SSSR count). The summed E-state index contributed by atoms with van der Waals surface area (Å²) in [5.41, 5.74) is 0. The van der Waals surface area contributed by atoms with Crippen LogP contribution in [-0.2, 0) is 4.79 Å². The maximum absolute atomic E-state index is 9.00. The van der Waals surface area contributed by atoms with E-state index in [2.05, 4.69) is 13.1 Å². The number of hydrogen-bond acceptors (Lipinski definition) is 2. The van der Waals surface area contributed by atoms with Crippen molar-refractivity contribution in [3.05, 3.63) is 0 Å². The highest BCUT2D eigenvalue weighted by Crippen LogP contribution is 1.85. The van der Waals surface area contributed by atoms with Crippen LogP contribution < -0.4 is 0 Å². The van der Waals surface area contributed by atoms with E-state index in [0.29, 0.717) is 6.61 Å². The van der Waals surface area contributed by atoms with Crippen LogP contribution in [0.1, 0.15) is 6.92 Å². The van der Waals surface area contributed by atoms with Crippen LogP contribution in [0.2, 0.25) is 19.1 Å². The standard InChI is InChI=1S/C4H11OSi.C2H4O2/c1-6(2)4-3-5;1-2(3)4/h5H,3-4H2,1-2H3;1H3,(H,3,4). The maximum atomic E-state index is 9.00. The summed E-state index contributed by atoms with van der Waals surface area (Å²) < 4.78 is 0. The summed E-state index contributed by atoms with van der Waals surface area (Å²) in [6.07, 6.45) is 0. The first-order chi connectivity index (χ1) is 4.50. The second-order valence-electron chi connectivity index (χ2n) is 2.20. The lowest BCUT2D eigenvalue weighted by Gasteiger charge is -1.92. The van der Waals surface area contributed by atoms with E-state index in [9.17, 15) is 0 Å². The number of carboxylic acid groups (broad SMARTS) is 1. The molecule has 0 aliphatic heterocycles. The highest BCUT2D eigenvalue weighted by molar-refractivity contribution is 6.55. The highest BCUT2D eigenvalue weighted by atomic mass is 28.3. The lowest BCUT2D eigenvalue weighted by Crippen LogP contribution is -2.00. The van der Waals surface area contributed by atoms with Crippen LogP contribution >= 0.6 is 0 Å². The lowest BCUT2D eigenvalue weighted by molar-refractivity contribution is -0.134. The number of aliphatic hydroxyl groups is 1. The molecule has 0 aliphatic rings. The Kier molecular flexibility index (Phi) is 10.7. The summed E-state index contributed by atoms with van der Waals surface area (Å²) in [5, 5.41) is 15.7. The van der Waals surface area contributed by atoms with E-state index in [4.69, 9.17) is 15.0 Å². The van der Waals surface area contributed by atoms with Gasteiger partial charge in [0.1, 0.15) is 0 Å². The van der Waals surface area contributed by atoms with E-state index in [1.165, 1.54) is 0 Å². The third-order valence-corrected chi connectivity index (χ3v) is 1.84. The predicted molar refractivity (Wildman–Crippen MR) is 42.7 cm³/mol. The smallest absolute Gasteiger partial charge is 0.300 e. The van der Waals surface area contributed by atoms with Gasteiger partial charge in [0.2, 0.25) is 0 Å². The topological polar surface area (TPSA) is 57.5 Å². The molecule has 0 aliphatic carbocycles. The summed E-state index contributed by atoms with van der Waals surface area (Å²) in [6.45, 7) is 5.85. The van der Waals surface area contributed by atoms with Gasteiger partial charge in [-0.2, -0.15) is 0 Å². The van der Waals surface area contributed by atoms with Crippen molar-refractivity contribution in [3.8, 4) is 0 Å². The van der Waals surface area contributed by atoms with Gasteiger partial charge in [-0.05, 0) is 6.04 Å². The molecule has 1 radical (unpaired) electrons. The van der Waals surface area contributed by atoms with E-state index in [-0.39, 0.29) is 8.80 Å². The van der Waals surface area contributed by atoms with Crippen LogP contribution in [-0.4, -0.2) is 31.6 Å². The summed E-state index contributed by atoms with van der Waals surface area (Å²) in [7, 11) is -0.136. The molecule has 0 saturated carbocycles. The molecule has 0 bridgehead atoms. The Balaban J connectivity index is 0. The minimum atomic E-state index is -0.833. The van der Waals surface area contributed by atoms with Crippen LogP contribution in [0.4, 0.5) is 0 Å². The first-order valence-corrected chi connectivity index (χ1v) is 5.80. The monoisotopic (exact) mass is 163 g/mol. The molecule has 0 aromatic rings. The fourth-order valence-corrected chi connectivity index (χ4v) is 0.671. The SMILES string of the molecule is CC(=O)O.C[Si](C)CCO. The van der Waals surface area contributed by atoms with Crippen molar-refractivity contribution in [1.82, 2.24) is 0 Å². The van der Waals surface area contributed by atoms with Gasteiger partial charge < -0.3 is 10.2 Å². The van der Waals surface area contributed by atoms with Gasteiger partial charge in [0.05, 0.1) is 0 Å². The quantitative estimate of drug-likeness (QED) is 0.593. The number of carbonyl (C=O) groups is 1. The van der Waals surface area contributed by atoms with Gasteiger partial charge in [0.25, 0.3) is 5.97 Å². The van der Waals surface area contributed by atoms with Crippen LogP contribution in [0.25, 0.3) is 0 Å². The summed E-state index contributed by atoms with van der Waals surface area (Å²) >= 11 is 0. The van der Waals surface area contributed by atoms with Crippen molar-refractivity contribution in [3.63, 3.8) is 0 Å². The van der Waals surface area contributed by atoms with E-state index in [1.54, 1.807) is 0 Å². The van der Waals surface area contributed by atoms with Crippen LogP contribution in [0.15, 0.2) is 0 Å². The molecular weight excluding hydrogens is 148 g/mol. The zero-order chi connectivity index (χ0) is 8.57. The average Bonchev–Trinajstić information content (AvgIpc) is 1.62. The van der Waals surface area contributed by atoms with Gasteiger partial charge in [-0.1, -0.05) is 13.1 Å². The Hall–Kier alpha value is -0.353. The van der Waals surface area contributed by atoms with Crippen LogP contribution in [0.3, 0.4) is 0 Å². The molecule has 0 spiro atoms. The Morgan fingerprint density at radius 1 is 1.50 bits per heavy atom. The number of aliphatic carboxylic acids is 1. The Bertz CT molecular complexity index is 79.1. The van der Waals surface area contributed by atoms with E-state index < -0.39 is 5.97 Å². The molecule has 0 aromatic carbocycles. The van der Waals surface area contributed by atoms with Crippen molar-refractivity contribution in [2.24, 2.45) is 0 Å². The van der Waals surface area contributed by atoms with E-state index in [1.807, 2.05) is 0 Å². The third-order valence-electron chi connectivity index (χ3n) is 0.612. The second-order valence-corrected chi connectivity index (χ2v) is 5.11. The number of rotatable bonds is 2. The molecule has 0 amide bonds. The van der Waals surface area contributed by atoms with Crippen molar-refractivity contribution in [1.29, 1.82) is 0 Å². The van der Waals surface area contributed by atoms with Crippen LogP contribution in [0.5, 0.6) is 0 Å². The summed E-state index contributed by atoms with van der Waals surface area (Å²) in [6, 6.07) is 1.03. The average molecular weight is 163 g/mol. The molecule has 61 valence electrons. The Morgan fingerprint density at radius 2 is 1.80 bits per heavy atom. The van der Waals surface area contributed by atoms with E-state index >= 15 is 0 Å². The Labute approximate surface area is 63.3 Å². The van der Waals surface area contributed by atoms with Crippen molar-refractivity contribution >= 4 is 14.8 Å². The zero-order valence-corrected chi connectivity index (χ0v) is 7.72. The first-order valence-electron chi connectivity index (χ1n) is 3.10. The Morgan fingerprint density at radius 3 is 1.80 bits per heavy atom. The number of aliphatic hydroxyl groups excluding tert-OH is 1. The van der Waals surface area contributed by atoms with Gasteiger partial charge >= 0.3 is 0 Å². The van der Waals surface area contributed by atoms with Gasteiger partial charge in [-0.3, -0.25) is 4.79 Å². The van der Waals surface area contributed by atoms with Crippen LogP contribution in [0, 0.1) is 0 Å². The molecule has 0 fully saturated rings. The van der Waals surface area contributed by atoms with Gasteiger partial charge in [-0.25, -0.2) is 0 Å². The molecular formula is C6H15O3Si.